The first-order chi connectivity index (χ1) is 13.8. The van der Waals surface area contributed by atoms with Crippen LogP contribution in [0, 0.1) is 0 Å². The highest BCUT2D eigenvalue weighted by atomic mass is 15.3. The van der Waals surface area contributed by atoms with Crippen LogP contribution in [0.3, 0.4) is 0 Å². The van der Waals surface area contributed by atoms with Crippen molar-refractivity contribution in [3.63, 3.8) is 0 Å². The predicted octanol–water partition coefficient (Wildman–Crippen LogP) is 3.29. The van der Waals surface area contributed by atoms with Gasteiger partial charge in [0.1, 0.15) is 0 Å². The number of guanidine groups is 1. The number of benzene rings is 2. The van der Waals surface area contributed by atoms with Crippen LogP contribution >= 0.6 is 0 Å². The van der Waals surface area contributed by atoms with Crippen molar-refractivity contribution in [3.8, 4) is 0 Å². The second-order valence-corrected chi connectivity index (χ2v) is 7.21. The third kappa shape index (κ3) is 4.42. The second kappa shape index (κ2) is 8.74. The molecule has 1 heterocycles. The van der Waals surface area contributed by atoms with Gasteiger partial charge in [-0.2, -0.15) is 5.10 Å². The van der Waals surface area contributed by atoms with Gasteiger partial charge in [0.15, 0.2) is 5.96 Å². The monoisotopic (exact) mass is 373 g/mol. The quantitative estimate of drug-likeness (QED) is 0.515. The molecule has 144 valence electrons. The zero-order chi connectivity index (χ0) is 19.2. The summed E-state index contributed by atoms with van der Waals surface area (Å²) in [5, 5.41) is 11.2. The summed E-state index contributed by atoms with van der Waals surface area (Å²) in [7, 11) is 1.81. The molecule has 0 radical (unpaired) electrons. The van der Waals surface area contributed by atoms with Gasteiger partial charge >= 0.3 is 0 Å². The molecular weight excluding hydrogens is 346 g/mol. The van der Waals surface area contributed by atoms with Crippen LogP contribution in [0.1, 0.15) is 34.2 Å². The Morgan fingerprint density at radius 3 is 2.64 bits per heavy atom. The first kappa shape index (κ1) is 18.3. The molecule has 5 nitrogen and oxygen atoms in total. The average Bonchev–Trinajstić information content (AvgIpc) is 3.40. The SMILES string of the molecule is CN=C(NCc1ccc2c(c1)CCC2)NCc1ccccc1Cn1cccn1. The Kier molecular flexibility index (Phi) is 5.71. The molecule has 3 aromatic rings. The summed E-state index contributed by atoms with van der Waals surface area (Å²) in [6, 6.07) is 17.2. The minimum absolute atomic E-state index is 0.724. The summed E-state index contributed by atoms with van der Waals surface area (Å²) >= 11 is 0. The summed E-state index contributed by atoms with van der Waals surface area (Å²) < 4.78 is 1.94. The van der Waals surface area contributed by atoms with E-state index in [1.807, 2.05) is 30.2 Å². The molecule has 28 heavy (non-hydrogen) atoms. The Morgan fingerprint density at radius 1 is 1.00 bits per heavy atom. The van der Waals surface area contributed by atoms with Gasteiger partial charge in [-0.15, -0.1) is 0 Å². The molecular formula is C23H27N5. The van der Waals surface area contributed by atoms with Crippen molar-refractivity contribution in [1.82, 2.24) is 20.4 Å². The van der Waals surface area contributed by atoms with Crippen molar-refractivity contribution in [2.75, 3.05) is 7.05 Å². The van der Waals surface area contributed by atoms with E-state index in [0.717, 1.165) is 25.6 Å². The fraction of sp³-hybridized carbons (Fsp3) is 0.304. The van der Waals surface area contributed by atoms with Crippen molar-refractivity contribution in [3.05, 3.63) is 88.7 Å². The van der Waals surface area contributed by atoms with Gasteiger partial charge in [-0.25, -0.2) is 0 Å². The van der Waals surface area contributed by atoms with Crippen LogP contribution in [-0.4, -0.2) is 22.8 Å². The number of nitrogens with zero attached hydrogens (tertiary/aromatic N) is 3. The van der Waals surface area contributed by atoms with E-state index in [2.05, 4.69) is 63.2 Å². The van der Waals surface area contributed by atoms with E-state index < -0.39 is 0 Å². The molecule has 0 aliphatic heterocycles. The molecule has 0 fully saturated rings. The van der Waals surface area contributed by atoms with Gasteiger partial charge in [0.25, 0.3) is 0 Å². The van der Waals surface area contributed by atoms with E-state index in [0.29, 0.717) is 0 Å². The van der Waals surface area contributed by atoms with E-state index in [-0.39, 0.29) is 0 Å². The fourth-order valence-electron chi connectivity index (χ4n) is 3.77. The molecule has 0 unspecified atom stereocenters. The molecule has 0 amide bonds. The van der Waals surface area contributed by atoms with Gasteiger partial charge in [0.2, 0.25) is 0 Å². The zero-order valence-corrected chi connectivity index (χ0v) is 16.4. The summed E-state index contributed by atoms with van der Waals surface area (Å²) in [6.45, 7) is 2.27. The van der Waals surface area contributed by atoms with Crippen molar-refractivity contribution in [2.24, 2.45) is 4.99 Å². The zero-order valence-electron chi connectivity index (χ0n) is 16.4. The van der Waals surface area contributed by atoms with Gasteiger partial charge in [-0.05, 0) is 53.1 Å². The van der Waals surface area contributed by atoms with Gasteiger partial charge in [-0.1, -0.05) is 42.5 Å². The van der Waals surface area contributed by atoms with Crippen LogP contribution in [0.25, 0.3) is 0 Å². The van der Waals surface area contributed by atoms with Crippen LogP contribution in [0.2, 0.25) is 0 Å². The maximum absolute atomic E-state index is 4.37. The van der Waals surface area contributed by atoms with Crippen LogP contribution in [0.4, 0.5) is 0 Å². The number of rotatable bonds is 6. The maximum atomic E-state index is 4.37. The third-order valence-electron chi connectivity index (χ3n) is 5.30. The maximum Gasteiger partial charge on any atom is 0.191 e. The second-order valence-electron chi connectivity index (χ2n) is 7.21. The number of nitrogens with one attached hydrogen (secondary N) is 2. The molecule has 2 aromatic carbocycles. The molecule has 1 aromatic heterocycles. The van der Waals surface area contributed by atoms with E-state index in [1.54, 1.807) is 0 Å². The summed E-state index contributed by atoms with van der Waals surface area (Å²) in [6.07, 6.45) is 7.52. The summed E-state index contributed by atoms with van der Waals surface area (Å²) in [5.41, 5.74) is 6.84. The third-order valence-corrected chi connectivity index (χ3v) is 5.30. The number of aliphatic imine (C=N–C) groups is 1. The van der Waals surface area contributed by atoms with E-state index in [9.17, 15) is 0 Å². The minimum Gasteiger partial charge on any atom is -0.352 e. The molecule has 2 N–H and O–H groups in total. The highest BCUT2D eigenvalue weighted by molar-refractivity contribution is 5.79. The summed E-state index contributed by atoms with van der Waals surface area (Å²) in [5.74, 6) is 0.814. The lowest BCUT2D eigenvalue weighted by molar-refractivity contribution is 0.677. The topological polar surface area (TPSA) is 54.2 Å². The lowest BCUT2D eigenvalue weighted by Crippen LogP contribution is -2.36. The molecule has 4 rings (SSSR count). The lowest BCUT2D eigenvalue weighted by atomic mass is 10.1. The molecule has 0 atom stereocenters. The van der Waals surface area contributed by atoms with Gasteiger partial charge in [-0.3, -0.25) is 9.67 Å². The van der Waals surface area contributed by atoms with Crippen LogP contribution in [0.5, 0.6) is 0 Å². The Bertz CT molecular complexity index is 943. The predicted molar refractivity (Wildman–Crippen MR) is 113 cm³/mol. The lowest BCUT2D eigenvalue weighted by Gasteiger charge is -2.15. The molecule has 0 spiro atoms. The molecule has 0 saturated carbocycles. The highest BCUT2D eigenvalue weighted by Gasteiger charge is 2.11. The summed E-state index contributed by atoms with van der Waals surface area (Å²) in [4.78, 5) is 4.37. The Labute approximate surface area is 166 Å². The number of hydrogen-bond acceptors (Lipinski definition) is 2. The fourth-order valence-corrected chi connectivity index (χ4v) is 3.77. The van der Waals surface area contributed by atoms with Crippen LogP contribution < -0.4 is 10.6 Å². The van der Waals surface area contributed by atoms with Crippen LogP contribution in [-0.2, 0) is 32.5 Å². The normalized spacial score (nSPS) is 13.4. The van der Waals surface area contributed by atoms with E-state index in [4.69, 9.17) is 0 Å². The first-order valence-corrected chi connectivity index (χ1v) is 9.91. The Morgan fingerprint density at radius 2 is 1.82 bits per heavy atom. The van der Waals surface area contributed by atoms with Crippen molar-refractivity contribution < 1.29 is 0 Å². The number of hydrogen-bond donors (Lipinski definition) is 2. The van der Waals surface area contributed by atoms with Gasteiger partial charge in [0.05, 0.1) is 6.54 Å². The van der Waals surface area contributed by atoms with Gasteiger partial charge < -0.3 is 10.6 Å². The molecule has 1 aliphatic carbocycles. The van der Waals surface area contributed by atoms with Crippen molar-refractivity contribution in [1.29, 1.82) is 0 Å². The van der Waals surface area contributed by atoms with E-state index in [1.165, 1.54) is 47.1 Å². The van der Waals surface area contributed by atoms with Gasteiger partial charge in [0, 0.05) is 32.5 Å². The number of fused-ring (bicyclic) bond motifs is 1. The molecule has 0 saturated heterocycles. The number of aryl methyl sites for hydroxylation is 2. The Hall–Kier alpha value is -3.08. The standard InChI is InChI=1S/C23H27N5/c1-24-23(25-15-18-10-11-19-8-4-9-20(19)14-18)26-16-21-6-2-3-7-22(21)17-28-13-5-12-27-28/h2-3,5-7,10-14H,4,8-9,15-17H2,1H3,(H2,24,25,26). The minimum atomic E-state index is 0.724. The average molecular weight is 374 g/mol. The molecule has 1 aliphatic rings. The molecule has 0 bridgehead atoms. The van der Waals surface area contributed by atoms with Crippen LogP contribution in [0.15, 0.2) is 65.9 Å². The van der Waals surface area contributed by atoms with Crippen molar-refractivity contribution in [2.45, 2.75) is 38.9 Å². The smallest absolute Gasteiger partial charge is 0.191 e. The Balaban J connectivity index is 1.35. The molecule has 5 heteroatoms. The largest absolute Gasteiger partial charge is 0.352 e. The first-order valence-electron chi connectivity index (χ1n) is 9.91. The number of aromatic nitrogens is 2. The highest BCUT2D eigenvalue weighted by Crippen LogP contribution is 2.22. The van der Waals surface area contributed by atoms with E-state index >= 15 is 0 Å². The van der Waals surface area contributed by atoms with Crippen molar-refractivity contribution >= 4 is 5.96 Å².